The van der Waals surface area contributed by atoms with Gasteiger partial charge in [-0.2, -0.15) is 0 Å². The summed E-state index contributed by atoms with van der Waals surface area (Å²) >= 11 is 0. The average Bonchev–Trinajstić information content (AvgIpc) is 3.54. The van der Waals surface area contributed by atoms with Crippen LogP contribution in [0.3, 0.4) is 0 Å². The first-order valence-electron chi connectivity index (χ1n) is 10.1. The van der Waals surface area contributed by atoms with Crippen LogP contribution in [0.2, 0.25) is 0 Å². The highest BCUT2D eigenvalue weighted by molar-refractivity contribution is 7.91. The summed E-state index contributed by atoms with van der Waals surface area (Å²) in [6.45, 7) is 0.609. The van der Waals surface area contributed by atoms with Crippen LogP contribution >= 0.6 is 0 Å². The van der Waals surface area contributed by atoms with Gasteiger partial charge in [-0.1, -0.05) is 36.4 Å². The molecule has 1 aliphatic heterocycles. The van der Waals surface area contributed by atoms with Crippen LogP contribution in [0.25, 0.3) is 0 Å². The number of carbonyl (C=O) groups excluding carboxylic acids is 2. The molecule has 0 bridgehead atoms. The van der Waals surface area contributed by atoms with Crippen molar-refractivity contribution in [1.29, 1.82) is 0 Å². The topological polar surface area (TPSA) is 95.6 Å². The van der Waals surface area contributed by atoms with Crippen molar-refractivity contribution in [2.24, 2.45) is 0 Å². The van der Waals surface area contributed by atoms with E-state index >= 15 is 0 Å². The Morgan fingerprint density at radius 3 is 2.33 bits per heavy atom. The van der Waals surface area contributed by atoms with Crippen molar-refractivity contribution >= 4 is 27.3 Å². The number of nitrogens with one attached hydrogen (secondary N) is 2. The van der Waals surface area contributed by atoms with Gasteiger partial charge in [0.1, 0.15) is 6.04 Å². The molecule has 2 amide bonds. The monoisotopic (exact) mass is 427 g/mol. The van der Waals surface area contributed by atoms with E-state index in [-0.39, 0.29) is 29.4 Å². The Kier molecular flexibility index (Phi) is 5.87. The highest BCUT2D eigenvalue weighted by Crippen LogP contribution is 2.25. The molecular formula is C22H25N3O4S. The number of amides is 2. The Morgan fingerprint density at radius 2 is 1.67 bits per heavy atom. The first-order valence-corrected chi connectivity index (χ1v) is 11.9. The van der Waals surface area contributed by atoms with Crippen LogP contribution in [0.5, 0.6) is 0 Å². The van der Waals surface area contributed by atoms with Gasteiger partial charge < -0.3 is 10.6 Å². The molecule has 1 saturated carbocycles. The Hall–Kier alpha value is -2.71. The van der Waals surface area contributed by atoms with E-state index in [1.807, 2.05) is 35.2 Å². The fourth-order valence-corrected chi connectivity index (χ4v) is 4.82. The molecule has 1 heterocycles. The zero-order valence-electron chi connectivity index (χ0n) is 16.6. The zero-order valence-corrected chi connectivity index (χ0v) is 17.4. The highest BCUT2D eigenvalue weighted by Gasteiger charge is 2.32. The molecule has 0 aromatic heterocycles. The van der Waals surface area contributed by atoms with Gasteiger partial charge in [-0.15, -0.1) is 0 Å². The quantitative estimate of drug-likeness (QED) is 0.735. The van der Waals surface area contributed by atoms with Crippen molar-refractivity contribution in [2.45, 2.75) is 24.9 Å². The highest BCUT2D eigenvalue weighted by atomic mass is 32.2. The molecule has 1 atom stereocenters. The smallest absolute Gasteiger partial charge is 0.251 e. The number of anilines is 1. The van der Waals surface area contributed by atoms with Gasteiger partial charge in [0.2, 0.25) is 5.91 Å². The number of hydrogen-bond acceptors (Lipinski definition) is 5. The normalized spacial score (nSPS) is 19.6. The molecular weight excluding hydrogens is 402 g/mol. The molecule has 8 heteroatoms. The molecule has 2 aromatic carbocycles. The number of carbonyl (C=O) groups is 2. The predicted molar refractivity (Wildman–Crippen MR) is 115 cm³/mol. The van der Waals surface area contributed by atoms with Gasteiger partial charge >= 0.3 is 0 Å². The second-order valence-electron chi connectivity index (χ2n) is 7.82. The van der Waals surface area contributed by atoms with Gasteiger partial charge in [0, 0.05) is 30.4 Å². The molecule has 1 saturated heterocycles. The summed E-state index contributed by atoms with van der Waals surface area (Å²) in [7, 11) is -3.05. The van der Waals surface area contributed by atoms with Gasteiger partial charge in [0.05, 0.1) is 11.5 Å². The molecule has 1 aliphatic carbocycles. The van der Waals surface area contributed by atoms with Gasteiger partial charge in [-0.25, -0.2) is 8.42 Å². The minimum atomic E-state index is -3.05. The first-order chi connectivity index (χ1) is 14.4. The Morgan fingerprint density at radius 1 is 0.967 bits per heavy atom. The standard InChI is InChI=1S/C22H25N3O4S/c26-21(23-18-9-10-18)17-7-4-8-19(15-17)24-22(27)20(16-5-2-1-3-6-16)25-11-13-30(28,29)14-12-25/h1-8,15,18,20H,9-14H2,(H,23,26)(H,24,27). The number of rotatable bonds is 6. The molecule has 0 radical (unpaired) electrons. The third-order valence-electron chi connectivity index (χ3n) is 5.41. The zero-order chi connectivity index (χ0) is 21.1. The summed E-state index contributed by atoms with van der Waals surface area (Å²) in [5.41, 5.74) is 1.84. The van der Waals surface area contributed by atoms with Crippen molar-refractivity contribution < 1.29 is 18.0 Å². The van der Waals surface area contributed by atoms with E-state index in [0.717, 1.165) is 18.4 Å². The maximum absolute atomic E-state index is 13.2. The second-order valence-corrected chi connectivity index (χ2v) is 10.1. The molecule has 30 heavy (non-hydrogen) atoms. The van der Waals surface area contributed by atoms with Gasteiger partial charge in [-0.3, -0.25) is 14.5 Å². The molecule has 2 aromatic rings. The van der Waals surface area contributed by atoms with E-state index < -0.39 is 15.9 Å². The van der Waals surface area contributed by atoms with E-state index in [9.17, 15) is 18.0 Å². The van der Waals surface area contributed by atoms with Crippen LogP contribution in [-0.2, 0) is 14.6 Å². The number of nitrogens with zero attached hydrogens (tertiary/aromatic N) is 1. The predicted octanol–water partition coefficient (Wildman–Crippen LogP) is 1.99. The van der Waals surface area contributed by atoms with E-state index in [1.54, 1.807) is 24.3 Å². The maximum atomic E-state index is 13.2. The van der Waals surface area contributed by atoms with Crippen LogP contribution in [0.1, 0.15) is 34.8 Å². The Balaban J connectivity index is 1.53. The lowest BCUT2D eigenvalue weighted by Crippen LogP contribution is -2.46. The molecule has 2 aliphatic rings. The van der Waals surface area contributed by atoms with Gasteiger partial charge in [0.25, 0.3) is 5.91 Å². The molecule has 4 rings (SSSR count). The van der Waals surface area contributed by atoms with E-state index in [0.29, 0.717) is 24.3 Å². The third kappa shape index (κ3) is 5.06. The molecule has 7 nitrogen and oxygen atoms in total. The largest absolute Gasteiger partial charge is 0.349 e. The lowest BCUT2D eigenvalue weighted by molar-refractivity contribution is -0.121. The van der Waals surface area contributed by atoms with Crippen molar-refractivity contribution in [2.75, 3.05) is 29.9 Å². The van der Waals surface area contributed by atoms with Crippen LogP contribution in [0, 0.1) is 0 Å². The Labute approximate surface area is 176 Å². The van der Waals surface area contributed by atoms with Gasteiger partial charge in [-0.05, 0) is 36.6 Å². The number of hydrogen-bond donors (Lipinski definition) is 2. The lowest BCUT2D eigenvalue weighted by atomic mass is 10.0. The van der Waals surface area contributed by atoms with E-state index in [4.69, 9.17) is 0 Å². The van der Waals surface area contributed by atoms with Crippen LogP contribution in [-0.4, -0.2) is 55.8 Å². The minimum absolute atomic E-state index is 0.0421. The average molecular weight is 428 g/mol. The maximum Gasteiger partial charge on any atom is 0.251 e. The van der Waals surface area contributed by atoms with Crippen LogP contribution in [0.4, 0.5) is 5.69 Å². The van der Waals surface area contributed by atoms with Crippen LogP contribution in [0.15, 0.2) is 54.6 Å². The summed E-state index contributed by atoms with van der Waals surface area (Å²) in [6.07, 6.45) is 2.01. The second kappa shape index (κ2) is 8.57. The van der Waals surface area contributed by atoms with Gasteiger partial charge in [0.15, 0.2) is 9.84 Å². The van der Waals surface area contributed by atoms with E-state index in [2.05, 4.69) is 10.6 Å². The van der Waals surface area contributed by atoms with E-state index in [1.165, 1.54) is 0 Å². The summed E-state index contributed by atoms with van der Waals surface area (Å²) < 4.78 is 23.7. The molecule has 1 unspecified atom stereocenters. The fourth-order valence-electron chi connectivity index (χ4n) is 3.59. The van der Waals surface area contributed by atoms with Crippen molar-refractivity contribution in [3.05, 3.63) is 65.7 Å². The third-order valence-corrected chi connectivity index (χ3v) is 7.02. The van der Waals surface area contributed by atoms with Crippen LogP contribution < -0.4 is 10.6 Å². The molecule has 0 spiro atoms. The molecule has 2 N–H and O–H groups in total. The number of sulfone groups is 1. The first kappa shape index (κ1) is 20.6. The van der Waals surface area contributed by atoms with Crippen molar-refractivity contribution in [1.82, 2.24) is 10.2 Å². The molecule has 158 valence electrons. The Bertz CT molecular complexity index is 1020. The SMILES string of the molecule is O=C(NC1CC1)c1cccc(NC(=O)C(c2ccccc2)N2CCS(=O)(=O)CC2)c1. The summed E-state index contributed by atoms with van der Waals surface area (Å²) in [5, 5.41) is 5.85. The fraction of sp³-hybridized carbons (Fsp3) is 0.364. The summed E-state index contributed by atoms with van der Waals surface area (Å²) in [4.78, 5) is 27.4. The van der Waals surface area contributed by atoms with Crippen molar-refractivity contribution in [3.8, 4) is 0 Å². The molecule has 2 fully saturated rings. The lowest BCUT2D eigenvalue weighted by Gasteiger charge is -2.33. The summed E-state index contributed by atoms with van der Waals surface area (Å²) in [5.74, 6) is -0.310. The van der Waals surface area contributed by atoms with Crippen molar-refractivity contribution in [3.63, 3.8) is 0 Å². The summed E-state index contributed by atoms with van der Waals surface area (Å²) in [6, 6.07) is 15.9. The number of benzene rings is 2. The minimum Gasteiger partial charge on any atom is -0.349 e.